The summed E-state index contributed by atoms with van der Waals surface area (Å²) in [4.78, 5) is 7.16. The maximum atomic E-state index is 11.8. The molecule has 0 saturated carbocycles. The predicted octanol–water partition coefficient (Wildman–Crippen LogP) is 1.95. The Balaban J connectivity index is 2.67. The van der Waals surface area contributed by atoms with Gasteiger partial charge in [0, 0.05) is 0 Å². The molecule has 0 aromatic heterocycles. The minimum absolute atomic E-state index is 0.148. The quantitative estimate of drug-likeness (QED) is 0.771. The van der Waals surface area contributed by atoms with E-state index in [0.29, 0.717) is 19.0 Å². The lowest BCUT2D eigenvalue weighted by atomic mass is 10.2. The maximum Gasteiger partial charge on any atom is 0.262 e. The van der Waals surface area contributed by atoms with Crippen molar-refractivity contribution in [2.45, 2.75) is 25.7 Å². The number of rotatable bonds is 7. The van der Waals surface area contributed by atoms with E-state index in [-0.39, 0.29) is 10.8 Å². The lowest BCUT2D eigenvalue weighted by molar-refractivity contribution is 0.0718. The van der Waals surface area contributed by atoms with Crippen molar-refractivity contribution >= 4 is 10.0 Å². The van der Waals surface area contributed by atoms with E-state index in [1.54, 1.807) is 12.1 Å². The summed E-state index contributed by atoms with van der Waals surface area (Å²) < 4.78 is 28.9. The smallest absolute Gasteiger partial charge is 0.262 e. The Morgan fingerprint density at radius 2 is 1.83 bits per heavy atom. The zero-order chi connectivity index (χ0) is 13.6. The van der Waals surface area contributed by atoms with E-state index in [0.717, 1.165) is 0 Å². The standard InChI is InChI=1S/C12H19NO4S/c1-4-16-11-5-7-12(8-6-11)18(14,15)13-17-9-10(2)3/h5-8,10,13H,4,9H2,1-3H3. The Kier molecular flexibility index (Phi) is 5.58. The van der Waals surface area contributed by atoms with Crippen LogP contribution >= 0.6 is 0 Å². The summed E-state index contributed by atoms with van der Waals surface area (Å²) in [5, 5.41) is 0. The van der Waals surface area contributed by atoms with Crippen molar-refractivity contribution in [3.05, 3.63) is 24.3 Å². The second-order valence-corrected chi connectivity index (χ2v) is 5.84. The van der Waals surface area contributed by atoms with Crippen molar-refractivity contribution in [3.63, 3.8) is 0 Å². The third-order valence-corrected chi connectivity index (χ3v) is 3.26. The largest absolute Gasteiger partial charge is 0.494 e. The highest BCUT2D eigenvalue weighted by atomic mass is 32.2. The van der Waals surface area contributed by atoms with Crippen LogP contribution in [0.3, 0.4) is 0 Å². The first-order chi connectivity index (χ1) is 8.45. The predicted molar refractivity (Wildman–Crippen MR) is 68.7 cm³/mol. The molecule has 6 heteroatoms. The van der Waals surface area contributed by atoms with Crippen LogP contribution in [0.5, 0.6) is 5.75 Å². The Hall–Kier alpha value is -1.11. The molecule has 0 aliphatic heterocycles. The molecule has 0 radical (unpaired) electrons. The first kappa shape index (κ1) is 14.9. The summed E-state index contributed by atoms with van der Waals surface area (Å²) in [6.45, 7) is 6.61. The average molecular weight is 273 g/mol. The zero-order valence-corrected chi connectivity index (χ0v) is 11.7. The molecule has 1 aromatic rings. The third-order valence-electron chi connectivity index (χ3n) is 2.03. The van der Waals surface area contributed by atoms with E-state index in [1.807, 2.05) is 20.8 Å². The molecule has 1 aromatic carbocycles. The van der Waals surface area contributed by atoms with Gasteiger partial charge >= 0.3 is 0 Å². The summed E-state index contributed by atoms with van der Waals surface area (Å²) in [7, 11) is -3.62. The van der Waals surface area contributed by atoms with E-state index in [1.165, 1.54) is 12.1 Å². The van der Waals surface area contributed by atoms with Gasteiger partial charge in [0.15, 0.2) is 0 Å². The molecule has 0 spiro atoms. The van der Waals surface area contributed by atoms with Crippen LogP contribution < -0.4 is 9.62 Å². The van der Waals surface area contributed by atoms with Gasteiger partial charge in [-0.1, -0.05) is 18.7 Å². The number of sulfonamides is 1. The molecule has 0 atom stereocenters. The second-order valence-electron chi connectivity index (χ2n) is 4.20. The number of hydrogen-bond acceptors (Lipinski definition) is 4. The molecular formula is C12H19NO4S. The van der Waals surface area contributed by atoms with Gasteiger partial charge in [0.05, 0.1) is 18.1 Å². The van der Waals surface area contributed by atoms with Crippen LogP contribution in [-0.4, -0.2) is 21.6 Å². The minimum Gasteiger partial charge on any atom is -0.494 e. The fourth-order valence-electron chi connectivity index (χ4n) is 1.21. The van der Waals surface area contributed by atoms with E-state index in [9.17, 15) is 8.42 Å². The minimum atomic E-state index is -3.62. The molecule has 5 nitrogen and oxygen atoms in total. The molecule has 1 rings (SSSR count). The molecule has 0 unspecified atom stereocenters. The highest BCUT2D eigenvalue weighted by molar-refractivity contribution is 7.89. The molecule has 0 fully saturated rings. The van der Waals surface area contributed by atoms with Crippen LogP contribution in [0, 0.1) is 5.92 Å². The topological polar surface area (TPSA) is 64.6 Å². The molecule has 0 heterocycles. The van der Waals surface area contributed by atoms with Crippen molar-refractivity contribution < 1.29 is 18.0 Å². The first-order valence-corrected chi connectivity index (χ1v) is 7.30. The average Bonchev–Trinajstić information content (AvgIpc) is 2.29. The fraction of sp³-hybridized carbons (Fsp3) is 0.500. The number of hydrogen-bond donors (Lipinski definition) is 1. The van der Waals surface area contributed by atoms with E-state index >= 15 is 0 Å². The van der Waals surface area contributed by atoms with Gasteiger partial charge in [0.1, 0.15) is 5.75 Å². The van der Waals surface area contributed by atoms with Crippen molar-refractivity contribution in [2.75, 3.05) is 13.2 Å². The summed E-state index contributed by atoms with van der Waals surface area (Å²) in [6, 6.07) is 6.18. The van der Waals surface area contributed by atoms with Gasteiger partial charge in [-0.3, -0.25) is 4.84 Å². The summed E-state index contributed by atoms with van der Waals surface area (Å²) in [6.07, 6.45) is 0. The molecular weight excluding hydrogens is 254 g/mol. The molecule has 0 saturated heterocycles. The van der Waals surface area contributed by atoms with Crippen LogP contribution in [0.25, 0.3) is 0 Å². The normalized spacial score (nSPS) is 11.8. The Labute approximate surface area is 108 Å². The highest BCUT2D eigenvalue weighted by Crippen LogP contribution is 2.15. The van der Waals surface area contributed by atoms with Crippen LogP contribution in [0.1, 0.15) is 20.8 Å². The van der Waals surface area contributed by atoms with E-state index in [4.69, 9.17) is 9.57 Å². The second kappa shape index (κ2) is 6.72. The van der Waals surface area contributed by atoms with Gasteiger partial charge in [-0.25, -0.2) is 8.42 Å². The first-order valence-electron chi connectivity index (χ1n) is 5.82. The molecule has 0 bridgehead atoms. The summed E-state index contributed by atoms with van der Waals surface area (Å²) in [5.74, 6) is 0.896. The molecule has 0 amide bonds. The Morgan fingerprint density at radius 3 is 2.33 bits per heavy atom. The molecule has 1 N–H and O–H groups in total. The Bertz CT molecular complexity index is 453. The maximum absolute atomic E-state index is 11.8. The van der Waals surface area contributed by atoms with Crippen LogP contribution in [0.15, 0.2) is 29.2 Å². The number of nitrogens with one attached hydrogen (secondary N) is 1. The summed E-state index contributed by atoms with van der Waals surface area (Å²) in [5.41, 5.74) is 0. The van der Waals surface area contributed by atoms with E-state index in [2.05, 4.69) is 4.89 Å². The molecule has 102 valence electrons. The van der Waals surface area contributed by atoms with Crippen LogP contribution in [-0.2, 0) is 14.9 Å². The number of benzene rings is 1. The molecule has 18 heavy (non-hydrogen) atoms. The van der Waals surface area contributed by atoms with Crippen molar-refractivity contribution in [3.8, 4) is 5.75 Å². The van der Waals surface area contributed by atoms with Gasteiger partial charge < -0.3 is 4.74 Å². The van der Waals surface area contributed by atoms with Gasteiger partial charge in [-0.05, 0) is 37.1 Å². The van der Waals surface area contributed by atoms with E-state index < -0.39 is 10.0 Å². The zero-order valence-electron chi connectivity index (χ0n) is 10.8. The number of ether oxygens (including phenoxy) is 1. The third kappa shape index (κ3) is 4.64. The highest BCUT2D eigenvalue weighted by Gasteiger charge is 2.14. The van der Waals surface area contributed by atoms with Gasteiger partial charge in [0.2, 0.25) is 0 Å². The van der Waals surface area contributed by atoms with Gasteiger partial charge in [-0.2, -0.15) is 0 Å². The SMILES string of the molecule is CCOc1ccc(S(=O)(=O)NOCC(C)C)cc1. The van der Waals surface area contributed by atoms with Crippen molar-refractivity contribution in [1.29, 1.82) is 0 Å². The van der Waals surface area contributed by atoms with Crippen LogP contribution in [0.4, 0.5) is 0 Å². The van der Waals surface area contributed by atoms with Crippen LogP contribution in [0.2, 0.25) is 0 Å². The van der Waals surface area contributed by atoms with Crippen molar-refractivity contribution in [1.82, 2.24) is 4.89 Å². The van der Waals surface area contributed by atoms with Crippen molar-refractivity contribution in [2.24, 2.45) is 5.92 Å². The molecule has 0 aliphatic rings. The molecule has 0 aliphatic carbocycles. The Morgan fingerprint density at radius 1 is 1.22 bits per heavy atom. The monoisotopic (exact) mass is 273 g/mol. The van der Waals surface area contributed by atoms with Gasteiger partial charge in [-0.15, -0.1) is 0 Å². The fourth-order valence-corrected chi connectivity index (χ4v) is 2.02. The van der Waals surface area contributed by atoms with Gasteiger partial charge in [0.25, 0.3) is 10.0 Å². The lowest BCUT2D eigenvalue weighted by Crippen LogP contribution is -2.25. The summed E-state index contributed by atoms with van der Waals surface area (Å²) >= 11 is 0. The lowest BCUT2D eigenvalue weighted by Gasteiger charge is -2.09.